The Morgan fingerprint density at radius 3 is 2.67 bits per heavy atom. The molecule has 0 bridgehead atoms. The third kappa shape index (κ3) is 5.02. The molecule has 0 saturated carbocycles. The number of hydrogen-bond donors (Lipinski definition) is 3. The van der Waals surface area contributed by atoms with Crippen LogP contribution >= 0.6 is 27.3 Å². The van der Waals surface area contributed by atoms with Crippen LogP contribution in [0.3, 0.4) is 0 Å². The number of rotatable bonds is 7. The fraction of sp³-hybridized carbons (Fsp3) is 0.444. The zero-order valence-corrected chi connectivity index (χ0v) is 12.9. The summed E-state index contributed by atoms with van der Waals surface area (Å²) < 4.78 is 26.7. The van der Waals surface area contributed by atoms with Gasteiger partial charge in [0.1, 0.15) is 4.21 Å². The van der Waals surface area contributed by atoms with Gasteiger partial charge < -0.3 is 10.6 Å². The molecule has 0 fully saturated rings. The third-order valence-corrected chi connectivity index (χ3v) is 5.45. The Morgan fingerprint density at radius 2 is 2.11 bits per heavy atom. The summed E-state index contributed by atoms with van der Waals surface area (Å²) in [6, 6.07) is 3.13. The number of carbonyl (C=O) groups is 1. The zero-order chi connectivity index (χ0) is 13.6. The monoisotopic (exact) mass is 355 g/mol. The molecule has 0 radical (unpaired) electrons. The van der Waals surface area contributed by atoms with E-state index in [1.165, 1.54) is 6.07 Å². The molecule has 1 aromatic rings. The van der Waals surface area contributed by atoms with Gasteiger partial charge in [-0.15, -0.1) is 11.3 Å². The summed E-state index contributed by atoms with van der Waals surface area (Å²) in [4.78, 5) is 11.3. The van der Waals surface area contributed by atoms with Crippen LogP contribution in [0.1, 0.15) is 0 Å². The van der Waals surface area contributed by atoms with Gasteiger partial charge >= 0.3 is 0 Å². The molecule has 0 aliphatic heterocycles. The van der Waals surface area contributed by atoms with E-state index in [1.54, 1.807) is 13.1 Å². The fourth-order valence-electron chi connectivity index (χ4n) is 1.06. The van der Waals surface area contributed by atoms with Crippen LogP contribution in [0, 0.1) is 0 Å². The topological polar surface area (TPSA) is 87.3 Å². The number of likely N-dealkylation sites (N-methyl/N-ethyl adjacent to an activating group) is 1. The van der Waals surface area contributed by atoms with Crippen LogP contribution < -0.4 is 15.4 Å². The minimum atomic E-state index is -3.60. The number of halogens is 1. The van der Waals surface area contributed by atoms with Crippen LogP contribution in [0.2, 0.25) is 0 Å². The SMILES string of the molecule is CNCCNC(=O)CNS(=O)(=O)c1ccc(Br)s1. The lowest BCUT2D eigenvalue weighted by Gasteiger charge is -2.06. The van der Waals surface area contributed by atoms with E-state index in [4.69, 9.17) is 0 Å². The molecule has 0 unspecified atom stereocenters. The Hall–Kier alpha value is -0.480. The summed E-state index contributed by atoms with van der Waals surface area (Å²) in [6.45, 7) is 0.833. The molecular weight excluding hydrogens is 342 g/mol. The zero-order valence-electron chi connectivity index (χ0n) is 9.70. The van der Waals surface area contributed by atoms with E-state index >= 15 is 0 Å². The summed E-state index contributed by atoms with van der Waals surface area (Å²) in [5.41, 5.74) is 0. The molecule has 0 saturated heterocycles. The Bertz CT molecular complexity index is 501. The molecular formula is C9H14BrN3O3S2. The van der Waals surface area contributed by atoms with Gasteiger partial charge in [0.2, 0.25) is 5.91 Å². The lowest BCUT2D eigenvalue weighted by atomic mass is 10.5. The first-order valence-electron chi connectivity index (χ1n) is 5.12. The Kier molecular flexibility index (Phi) is 6.22. The number of thiophene rings is 1. The quantitative estimate of drug-likeness (QED) is 0.606. The molecule has 1 aromatic heterocycles. The van der Waals surface area contributed by atoms with Gasteiger partial charge in [0.25, 0.3) is 10.0 Å². The lowest BCUT2D eigenvalue weighted by molar-refractivity contribution is -0.119. The second-order valence-electron chi connectivity index (χ2n) is 3.34. The molecule has 1 amide bonds. The molecule has 0 spiro atoms. The minimum Gasteiger partial charge on any atom is -0.354 e. The van der Waals surface area contributed by atoms with Gasteiger partial charge in [-0.1, -0.05) is 0 Å². The normalized spacial score (nSPS) is 11.4. The van der Waals surface area contributed by atoms with Gasteiger partial charge in [-0.05, 0) is 35.1 Å². The van der Waals surface area contributed by atoms with E-state index < -0.39 is 10.0 Å². The van der Waals surface area contributed by atoms with Crippen LogP contribution in [-0.2, 0) is 14.8 Å². The van der Waals surface area contributed by atoms with Gasteiger partial charge in [0, 0.05) is 13.1 Å². The largest absolute Gasteiger partial charge is 0.354 e. The molecule has 3 N–H and O–H groups in total. The molecule has 6 nitrogen and oxygen atoms in total. The fourth-order valence-corrected chi connectivity index (χ4v) is 4.10. The van der Waals surface area contributed by atoms with Crippen molar-refractivity contribution in [3.05, 3.63) is 15.9 Å². The van der Waals surface area contributed by atoms with Crippen molar-refractivity contribution >= 4 is 43.2 Å². The molecule has 0 aromatic carbocycles. The Morgan fingerprint density at radius 1 is 1.39 bits per heavy atom. The van der Waals surface area contributed by atoms with E-state index in [1.807, 2.05) is 0 Å². The summed E-state index contributed by atoms with van der Waals surface area (Å²) >= 11 is 4.28. The first-order chi connectivity index (χ1) is 8.45. The van der Waals surface area contributed by atoms with Crippen molar-refractivity contribution in [1.29, 1.82) is 0 Å². The average Bonchev–Trinajstić information content (AvgIpc) is 2.75. The van der Waals surface area contributed by atoms with Crippen LogP contribution in [0.5, 0.6) is 0 Å². The lowest BCUT2D eigenvalue weighted by Crippen LogP contribution is -2.39. The van der Waals surface area contributed by atoms with E-state index in [0.29, 0.717) is 13.1 Å². The number of carbonyl (C=O) groups excluding carboxylic acids is 1. The highest BCUT2D eigenvalue weighted by atomic mass is 79.9. The Balaban J connectivity index is 2.45. The van der Waals surface area contributed by atoms with E-state index in [0.717, 1.165) is 15.1 Å². The van der Waals surface area contributed by atoms with Crippen LogP contribution in [0.15, 0.2) is 20.1 Å². The smallest absolute Gasteiger partial charge is 0.250 e. The van der Waals surface area contributed by atoms with Crippen LogP contribution in [0.25, 0.3) is 0 Å². The molecule has 18 heavy (non-hydrogen) atoms. The summed E-state index contributed by atoms with van der Waals surface area (Å²) in [7, 11) is -1.84. The Labute approximate surface area is 118 Å². The molecule has 9 heteroatoms. The predicted molar refractivity (Wildman–Crippen MR) is 74.1 cm³/mol. The maximum Gasteiger partial charge on any atom is 0.250 e. The molecule has 102 valence electrons. The van der Waals surface area contributed by atoms with E-state index in [9.17, 15) is 13.2 Å². The molecule has 1 heterocycles. The first-order valence-corrected chi connectivity index (χ1v) is 8.21. The van der Waals surface area contributed by atoms with E-state index in [-0.39, 0.29) is 16.7 Å². The van der Waals surface area contributed by atoms with Crippen molar-refractivity contribution in [2.24, 2.45) is 0 Å². The van der Waals surface area contributed by atoms with Crippen molar-refractivity contribution in [2.75, 3.05) is 26.7 Å². The number of amides is 1. The van der Waals surface area contributed by atoms with E-state index in [2.05, 4.69) is 31.3 Å². The number of nitrogens with one attached hydrogen (secondary N) is 3. The van der Waals surface area contributed by atoms with Crippen molar-refractivity contribution in [1.82, 2.24) is 15.4 Å². The number of sulfonamides is 1. The highest BCUT2D eigenvalue weighted by Crippen LogP contribution is 2.25. The van der Waals surface area contributed by atoms with Gasteiger partial charge in [0.05, 0.1) is 10.3 Å². The second kappa shape index (κ2) is 7.19. The summed E-state index contributed by atoms with van der Waals surface area (Å²) in [5.74, 6) is -0.357. The molecule has 0 aliphatic rings. The number of hydrogen-bond acceptors (Lipinski definition) is 5. The summed E-state index contributed by atoms with van der Waals surface area (Å²) in [6.07, 6.45) is 0. The molecule has 0 aliphatic carbocycles. The standard InChI is InChI=1S/C9H14BrN3O3S2/c1-11-4-5-12-8(14)6-13-18(15,16)9-3-2-7(10)17-9/h2-3,11,13H,4-6H2,1H3,(H,12,14). The van der Waals surface area contributed by atoms with Crippen LogP contribution in [-0.4, -0.2) is 41.0 Å². The first kappa shape index (κ1) is 15.6. The highest BCUT2D eigenvalue weighted by molar-refractivity contribution is 9.11. The maximum absolute atomic E-state index is 11.8. The van der Waals surface area contributed by atoms with Crippen molar-refractivity contribution in [3.63, 3.8) is 0 Å². The predicted octanol–water partition coefficient (Wildman–Crippen LogP) is 0.125. The minimum absolute atomic E-state index is 0.178. The van der Waals surface area contributed by atoms with Crippen LogP contribution in [0.4, 0.5) is 0 Å². The van der Waals surface area contributed by atoms with Gasteiger partial charge in [-0.2, -0.15) is 0 Å². The van der Waals surface area contributed by atoms with Gasteiger partial charge in [0.15, 0.2) is 0 Å². The van der Waals surface area contributed by atoms with Crippen molar-refractivity contribution < 1.29 is 13.2 Å². The maximum atomic E-state index is 11.8. The van der Waals surface area contributed by atoms with Gasteiger partial charge in [-0.3, -0.25) is 4.79 Å². The van der Waals surface area contributed by atoms with Crippen molar-refractivity contribution in [3.8, 4) is 0 Å². The third-order valence-electron chi connectivity index (χ3n) is 1.93. The van der Waals surface area contributed by atoms with Gasteiger partial charge in [-0.25, -0.2) is 13.1 Å². The van der Waals surface area contributed by atoms with Crippen molar-refractivity contribution in [2.45, 2.75) is 4.21 Å². The highest BCUT2D eigenvalue weighted by Gasteiger charge is 2.17. The second-order valence-corrected chi connectivity index (χ2v) is 7.79. The molecule has 1 rings (SSSR count). The average molecular weight is 356 g/mol. The molecule has 0 atom stereocenters. The summed E-state index contributed by atoms with van der Waals surface area (Å²) in [5, 5.41) is 5.45.